The quantitative estimate of drug-likeness (QED) is 0.444. The zero-order valence-corrected chi connectivity index (χ0v) is 18.5. The lowest BCUT2D eigenvalue weighted by Gasteiger charge is -2.43. The van der Waals surface area contributed by atoms with E-state index in [1.807, 2.05) is 12.1 Å². The fraction of sp³-hybridized carbons (Fsp3) is 0.583. The summed E-state index contributed by atoms with van der Waals surface area (Å²) in [5.41, 5.74) is 1.91. The van der Waals surface area contributed by atoms with Crippen LogP contribution in [0.5, 0.6) is 0 Å². The molecule has 1 saturated heterocycles. The van der Waals surface area contributed by atoms with Gasteiger partial charge in [-0.25, -0.2) is 4.79 Å². The smallest absolute Gasteiger partial charge is 0.326 e. The van der Waals surface area contributed by atoms with E-state index in [0.29, 0.717) is 18.4 Å². The topological polar surface area (TPSA) is 92.8 Å². The van der Waals surface area contributed by atoms with Crippen LogP contribution in [-0.4, -0.2) is 47.3 Å². The first-order valence-electron chi connectivity index (χ1n) is 11.0. The third-order valence-corrected chi connectivity index (χ3v) is 6.70. The van der Waals surface area contributed by atoms with Gasteiger partial charge in [0.2, 0.25) is 0 Å². The van der Waals surface area contributed by atoms with Gasteiger partial charge in [-0.3, -0.25) is 19.3 Å². The summed E-state index contributed by atoms with van der Waals surface area (Å²) in [4.78, 5) is 51.3. The standard InChI is InChI=1S/C24H30N2O5/c1-15-10-23(2,3)14-24(11-15)21(29)26(22(30)25-24)12-20(28)31-13-19(27)18-8-7-16-5-4-6-17(16)9-18/h7-9,15H,4-6,10-14H2,1-3H3,(H,25,30)/t15-,24-/m0/s1. The largest absolute Gasteiger partial charge is 0.456 e. The molecule has 3 amide bonds. The molecular formula is C24H30N2O5. The molecule has 2 aliphatic carbocycles. The van der Waals surface area contributed by atoms with Gasteiger partial charge in [-0.2, -0.15) is 0 Å². The van der Waals surface area contributed by atoms with Crippen LogP contribution >= 0.6 is 0 Å². The summed E-state index contributed by atoms with van der Waals surface area (Å²) in [6, 6.07) is 5.01. The van der Waals surface area contributed by atoms with Gasteiger partial charge in [0.15, 0.2) is 12.4 Å². The number of ketones is 1. The Morgan fingerprint density at radius 1 is 1.16 bits per heavy atom. The monoisotopic (exact) mass is 426 g/mol. The van der Waals surface area contributed by atoms with Gasteiger partial charge in [-0.05, 0) is 67.1 Å². The van der Waals surface area contributed by atoms with Crippen LogP contribution in [0, 0.1) is 11.3 Å². The van der Waals surface area contributed by atoms with Crippen molar-refractivity contribution in [2.45, 2.75) is 64.8 Å². The lowest BCUT2D eigenvalue weighted by atomic mass is 9.64. The molecule has 0 unspecified atom stereocenters. The van der Waals surface area contributed by atoms with Crippen molar-refractivity contribution in [1.29, 1.82) is 0 Å². The molecule has 7 heteroatoms. The molecule has 2 fully saturated rings. The molecule has 1 N–H and O–H groups in total. The van der Waals surface area contributed by atoms with Gasteiger partial charge in [-0.1, -0.05) is 32.9 Å². The number of rotatable bonds is 5. The van der Waals surface area contributed by atoms with Gasteiger partial charge < -0.3 is 10.1 Å². The normalized spacial score (nSPS) is 26.7. The number of nitrogens with one attached hydrogen (secondary N) is 1. The minimum absolute atomic E-state index is 0.0839. The van der Waals surface area contributed by atoms with E-state index >= 15 is 0 Å². The van der Waals surface area contributed by atoms with Crippen LogP contribution in [0.2, 0.25) is 0 Å². The third-order valence-electron chi connectivity index (χ3n) is 6.70. The number of hydrogen-bond acceptors (Lipinski definition) is 5. The molecule has 2 atom stereocenters. The second-order valence-electron chi connectivity index (χ2n) is 10.2. The third kappa shape index (κ3) is 4.23. The predicted octanol–water partition coefficient (Wildman–Crippen LogP) is 3.04. The molecule has 0 aromatic heterocycles. The number of nitrogens with zero attached hydrogens (tertiary/aromatic N) is 1. The molecule has 4 rings (SSSR count). The maximum Gasteiger partial charge on any atom is 0.326 e. The lowest BCUT2D eigenvalue weighted by molar-refractivity contribution is -0.147. The molecule has 31 heavy (non-hydrogen) atoms. The maximum atomic E-state index is 13.1. The molecule has 1 aromatic rings. The molecule has 1 spiro atoms. The highest BCUT2D eigenvalue weighted by Gasteiger charge is 2.56. The van der Waals surface area contributed by atoms with Crippen LogP contribution in [-0.2, 0) is 27.2 Å². The number of fused-ring (bicyclic) bond motifs is 1. The summed E-state index contributed by atoms with van der Waals surface area (Å²) in [6.07, 6.45) is 5.15. The van der Waals surface area contributed by atoms with Crippen molar-refractivity contribution >= 4 is 23.7 Å². The highest BCUT2D eigenvalue weighted by Crippen LogP contribution is 2.46. The summed E-state index contributed by atoms with van der Waals surface area (Å²) in [5.74, 6) is -1.15. The van der Waals surface area contributed by atoms with Gasteiger partial charge in [0.05, 0.1) is 0 Å². The Morgan fingerprint density at radius 3 is 2.65 bits per heavy atom. The fourth-order valence-electron chi connectivity index (χ4n) is 5.80. The van der Waals surface area contributed by atoms with Crippen LogP contribution in [0.15, 0.2) is 18.2 Å². The van der Waals surface area contributed by atoms with Gasteiger partial charge in [-0.15, -0.1) is 0 Å². The minimum Gasteiger partial charge on any atom is -0.456 e. The Hall–Kier alpha value is -2.70. The van der Waals surface area contributed by atoms with E-state index < -0.39 is 30.7 Å². The molecule has 0 bridgehead atoms. The van der Waals surface area contributed by atoms with Crippen LogP contribution in [0.4, 0.5) is 4.79 Å². The maximum absolute atomic E-state index is 13.1. The van der Waals surface area contributed by atoms with Crippen molar-refractivity contribution in [1.82, 2.24) is 10.2 Å². The summed E-state index contributed by atoms with van der Waals surface area (Å²) in [7, 11) is 0. The van der Waals surface area contributed by atoms with Crippen molar-refractivity contribution in [3.63, 3.8) is 0 Å². The molecule has 3 aliphatic rings. The van der Waals surface area contributed by atoms with E-state index in [2.05, 4.69) is 26.1 Å². The highest BCUT2D eigenvalue weighted by molar-refractivity contribution is 6.09. The first-order chi connectivity index (χ1) is 14.6. The summed E-state index contributed by atoms with van der Waals surface area (Å²) in [5, 5.41) is 2.84. The number of hydrogen-bond donors (Lipinski definition) is 1. The zero-order valence-electron chi connectivity index (χ0n) is 18.5. The van der Waals surface area contributed by atoms with Crippen molar-refractivity contribution in [2.24, 2.45) is 11.3 Å². The Labute approximate surface area is 182 Å². The molecular weight excluding hydrogens is 396 g/mol. The average Bonchev–Trinajstić information content (AvgIpc) is 3.22. The lowest BCUT2D eigenvalue weighted by Crippen LogP contribution is -2.54. The number of aryl methyl sites for hydroxylation is 2. The van der Waals surface area contributed by atoms with E-state index in [1.165, 1.54) is 11.1 Å². The minimum atomic E-state index is -0.960. The summed E-state index contributed by atoms with van der Waals surface area (Å²) in [6.45, 7) is 5.36. The first-order valence-corrected chi connectivity index (χ1v) is 11.0. The average molecular weight is 427 g/mol. The Balaban J connectivity index is 1.36. The number of Topliss-reactive ketones (excluding diaryl/α,β-unsaturated/α-hetero) is 1. The number of esters is 1. The molecule has 1 heterocycles. The SMILES string of the molecule is C[C@H]1CC(C)(C)C[C@]2(C1)NC(=O)N(CC(=O)OCC(=O)c1ccc3c(c1)CCC3)C2=O. The zero-order chi connectivity index (χ0) is 22.4. The fourth-order valence-corrected chi connectivity index (χ4v) is 5.80. The number of benzene rings is 1. The highest BCUT2D eigenvalue weighted by atomic mass is 16.5. The molecule has 1 aliphatic heterocycles. The van der Waals surface area contributed by atoms with E-state index in [9.17, 15) is 19.2 Å². The van der Waals surface area contributed by atoms with E-state index in [4.69, 9.17) is 4.74 Å². The van der Waals surface area contributed by atoms with Gasteiger partial charge in [0, 0.05) is 5.56 Å². The van der Waals surface area contributed by atoms with Crippen molar-refractivity contribution in [2.75, 3.05) is 13.2 Å². The Kier molecular flexibility index (Phi) is 5.40. The molecule has 0 radical (unpaired) electrons. The second kappa shape index (κ2) is 7.77. The van der Waals surface area contributed by atoms with Gasteiger partial charge >= 0.3 is 12.0 Å². The number of amides is 3. The van der Waals surface area contributed by atoms with Gasteiger partial charge in [0.1, 0.15) is 12.1 Å². The van der Waals surface area contributed by atoms with Crippen LogP contribution in [0.3, 0.4) is 0 Å². The number of carbonyl (C=O) groups excluding carboxylic acids is 4. The van der Waals surface area contributed by atoms with E-state index in [-0.39, 0.29) is 23.0 Å². The summed E-state index contributed by atoms with van der Waals surface area (Å²) < 4.78 is 5.11. The first kappa shape index (κ1) is 21.5. The number of urea groups is 1. The van der Waals surface area contributed by atoms with Crippen LogP contribution in [0.25, 0.3) is 0 Å². The molecule has 1 aromatic carbocycles. The van der Waals surface area contributed by atoms with Crippen LogP contribution < -0.4 is 5.32 Å². The second-order valence-corrected chi connectivity index (χ2v) is 10.2. The van der Waals surface area contributed by atoms with E-state index in [0.717, 1.165) is 30.6 Å². The van der Waals surface area contributed by atoms with Crippen LogP contribution in [0.1, 0.15) is 67.9 Å². The van der Waals surface area contributed by atoms with Crippen molar-refractivity contribution < 1.29 is 23.9 Å². The van der Waals surface area contributed by atoms with Crippen molar-refractivity contribution in [3.05, 3.63) is 34.9 Å². The summed E-state index contributed by atoms with van der Waals surface area (Å²) >= 11 is 0. The number of ether oxygens (including phenoxy) is 1. The molecule has 1 saturated carbocycles. The number of imide groups is 1. The number of carbonyl (C=O) groups is 4. The Morgan fingerprint density at radius 2 is 1.90 bits per heavy atom. The predicted molar refractivity (Wildman–Crippen MR) is 114 cm³/mol. The Bertz CT molecular complexity index is 953. The van der Waals surface area contributed by atoms with E-state index in [1.54, 1.807) is 6.07 Å². The molecule has 7 nitrogen and oxygen atoms in total. The van der Waals surface area contributed by atoms with Crippen molar-refractivity contribution in [3.8, 4) is 0 Å². The van der Waals surface area contributed by atoms with Gasteiger partial charge in [0.25, 0.3) is 5.91 Å². The molecule has 166 valence electrons.